The lowest BCUT2D eigenvalue weighted by atomic mass is 10.5. The average molecular weight is 172 g/mol. The SMILES string of the molecule is N#C/C(SN)=C(\C#N)SN. The van der Waals surface area contributed by atoms with Crippen LogP contribution in [0.5, 0.6) is 0 Å². The second-order valence-electron chi connectivity index (χ2n) is 1.12. The van der Waals surface area contributed by atoms with Crippen LogP contribution in [0.15, 0.2) is 9.81 Å². The van der Waals surface area contributed by atoms with Crippen LogP contribution in [0.1, 0.15) is 0 Å². The minimum atomic E-state index is 0.148. The van der Waals surface area contributed by atoms with Crippen LogP contribution in [0.3, 0.4) is 0 Å². The van der Waals surface area contributed by atoms with Gasteiger partial charge in [-0.05, 0) is 23.9 Å². The van der Waals surface area contributed by atoms with Gasteiger partial charge in [-0.25, -0.2) is 0 Å². The molecule has 0 aliphatic carbocycles. The largest absolute Gasteiger partial charge is 0.273 e. The molecule has 0 radical (unpaired) electrons. The molecule has 0 saturated heterocycles. The molecule has 0 aromatic carbocycles. The number of nitrogens with two attached hydrogens (primary N) is 2. The Bertz CT molecular complexity index is 196. The molecule has 0 aliphatic heterocycles. The molecule has 0 atom stereocenters. The summed E-state index contributed by atoms with van der Waals surface area (Å²) in [7, 11) is 0. The van der Waals surface area contributed by atoms with Crippen molar-refractivity contribution >= 4 is 23.9 Å². The van der Waals surface area contributed by atoms with E-state index in [0.717, 1.165) is 23.9 Å². The number of nitriles is 2. The van der Waals surface area contributed by atoms with Gasteiger partial charge in [-0.15, -0.1) is 0 Å². The molecule has 0 bridgehead atoms. The number of allylic oxidation sites excluding steroid dienone is 2. The fraction of sp³-hybridized carbons (Fsp3) is 0. The van der Waals surface area contributed by atoms with Crippen molar-refractivity contribution in [1.82, 2.24) is 0 Å². The zero-order valence-corrected chi connectivity index (χ0v) is 6.50. The van der Waals surface area contributed by atoms with E-state index in [1.807, 2.05) is 0 Å². The minimum absolute atomic E-state index is 0.148. The van der Waals surface area contributed by atoms with Gasteiger partial charge < -0.3 is 0 Å². The summed E-state index contributed by atoms with van der Waals surface area (Å²) in [6.07, 6.45) is 0. The smallest absolute Gasteiger partial charge is 0.125 e. The summed E-state index contributed by atoms with van der Waals surface area (Å²) in [6, 6.07) is 3.50. The van der Waals surface area contributed by atoms with Gasteiger partial charge in [0.1, 0.15) is 21.9 Å². The molecule has 0 aromatic heterocycles. The van der Waals surface area contributed by atoms with Crippen molar-refractivity contribution < 1.29 is 0 Å². The molecule has 0 heterocycles. The summed E-state index contributed by atoms with van der Waals surface area (Å²) in [5, 5.41) is 26.8. The molecule has 0 amide bonds. The molecular formula is C4H4N4S2. The second-order valence-corrected chi connectivity index (χ2v) is 2.41. The molecule has 4 N–H and O–H groups in total. The molecule has 4 nitrogen and oxygen atoms in total. The number of hydrogen-bond donors (Lipinski definition) is 2. The average Bonchev–Trinajstić information content (AvgIpc) is 2.00. The van der Waals surface area contributed by atoms with E-state index >= 15 is 0 Å². The predicted molar refractivity (Wildman–Crippen MR) is 41.8 cm³/mol. The predicted octanol–water partition coefficient (Wildman–Crippen LogP) is 0.459. The lowest BCUT2D eigenvalue weighted by Crippen LogP contribution is -1.88. The molecule has 0 spiro atoms. The van der Waals surface area contributed by atoms with Gasteiger partial charge in [-0.3, -0.25) is 10.3 Å². The highest BCUT2D eigenvalue weighted by atomic mass is 32.2. The van der Waals surface area contributed by atoms with E-state index in [4.69, 9.17) is 20.8 Å². The van der Waals surface area contributed by atoms with E-state index in [9.17, 15) is 0 Å². The van der Waals surface area contributed by atoms with E-state index in [0.29, 0.717) is 0 Å². The van der Waals surface area contributed by atoms with Crippen LogP contribution in [0, 0.1) is 22.7 Å². The van der Waals surface area contributed by atoms with E-state index < -0.39 is 0 Å². The highest BCUT2D eigenvalue weighted by Gasteiger charge is 2.02. The fourth-order valence-corrected chi connectivity index (χ4v) is 0.961. The third-order valence-corrected chi connectivity index (χ3v) is 1.84. The molecule has 10 heavy (non-hydrogen) atoms. The van der Waals surface area contributed by atoms with Crippen molar-refractivity contribution in [3.63, 3.8) is 0 Å². The second kappa shape index (κ2) is 5.15. The normalized spacial score (nSPS) is 11.2. The molecule has 0 saturated carbocycles. The van der Waals surface area contributed by atoms with Gasteiger partial charge >= 0.3 is 0 Å². The standard InChI is InChI=1S/C4H4N4S2/c5-1-3(9-7)4(2-6)10-8/h7-8H2/b4-3-. The van der Waals surface area contributed by atoms with Crippen LogP contribution in [-0.2, 0) is 0 Å². The van der Waals surface area contributed by atoms with Gasteiger partial charge in [-0.2, -0.15) is 10.5 Å². The minimum Gasteiger partial charge on any atom is -0.273 e. The summed E-state index contributed by atoms with van der Waals surface area (Å²) in [6.45, 7) is 0. The first kappa shape index (κ1) is 9.34. The van der Waals surface area contributed by atoms with Crippen molar-refractivity contribution in [2.24, 2.45) is 10.3 Å². The molecule has 0 fully saturated rings. The topological polar surface area (TPSA) is 99.6 Å². The summed E-state index contributed by atoms with van der Waals surface area (Å²) >= 11 is 1.44. The molecule has 0 aliphatic rings. The number of rotatable bonds is 2. The van der Waals surface area contributed by atoms with Crippen LogP contribution in [0.25, 0.3) is 0 Å². The van der Waals surface area contributed by atoms with Gasteiger partial charge in [0, 0.05) is 0 Å². The van der Waals surface area contributed by atoms with Crippen LogP contribution < -0.4 is 10.3 Å². The van der Waals surface area contributed by atoms with Gasteiger partial charge in [-0.1, -0.05) is 0 Å². The Kier molecular flexibility index (Phi) is 4.81. The maximum Gasteiger partial charge on any atom is 0.125 e. The Morgan fingerprint density at radius 3 is 1.40 bits per heavy atom. The Morgan fingerprint density at radius 2 is 1.30 bits per heavy atom. The highest BCUT2D eigenvalue weighted by molar-refractivity contribution is 8.05. The summed E-state index contributed by atoms with van der Waals surface area (Å²) in [4.78, 5) is 0.296. The number of hydrogen-bond acceptors (Lipinski definition) is 6. The van der Waals surface area contributed by atoms with Crippen molar-refractivity contribution in [2.75, 3.05) is 0 Å². The quantitative estimate of drug-likeness (QED) is 0.463. The fourth-order valence-electron chi connectivity index (χ4n) is 0.261. The highest BCUT2D eigenvalue weighted by Crippen LogP contribution is 2.18. The third-order valence-electron chi connectivity index (χ3n) is 0.645. The lowest BCUT2D eigenvalue weighted by Gasteiger charge is -1.91. The van der Waals surface area contributed by atoms with Gasteiger partial charge in [0.25, 0.3) is 0 Å². The first-order valence-electron chi connectivity index (χ1n) is 2.08. The molecule has 52 valence electrons. The molecule has 0 unspecified atom stereocenters. The van der Waals surface area contributed by atoms with Crippen molar-refractivity contribution in [3.8, 4) is 12.1 Å². The molecule has 6 heteroatoms. The van der Waals surface area contributed by atoms with Crippen molar-refractivity contribution in [2.45, 2.75) is 0 Å². The van der Waals surface area contributed by atoms with E-state index in [-0.39, 0.29) is 9.81 Å². The summed E-state index contributed by atoms with van der Waals surface area (Å²) in [5.41, 5.74) is 0. The van der Waals surface area contributed by atoms with E-state index in [1.54, 1.807) is 12.1 Å². The van der Waals surface area contributed by atoms with Crippen LogP contribution in [0.4, 0.5) is 0 Å². The summed E-state index contributed by atoms with van der Waals surface area (Å²) < 4.78 is 0. The van der Waals surface area contributed by atoms with Crippen LogP contribution in [-0.4, -0.2) is 0 Å². The Labute approximate surface area is 67.1 Å². The molecule has 0 rings (SSSR count). The zero-order valence-electron chi connectivity index (χ0n) is 4.87. The first-order chi connectivity index (χ1) is 4.79. The molecular weight excluding hydrogens is 168 g/mol. The Balaban J connectivity index is 4.62. The maximum absolute atomic E-state index is 8.33. The number of nitrogens with zero attached hydrogens (tertiary/aromatic N) is 2. The zero-order chi connectivity index (χ0) is 7.98. The van der Waals surface area contributed by atoms with Crippen LogP contribution >= 0.6 is 23.9 Å². The van der Waals surface area contributed by atoms with Gasteiger partial charge in [0.05, 0.1) is 0 Å². The van der Waals surface area contributed by atoms with Crippen molar-refractivity contribution in [3.05, 3.63) is 9.81 Å². The Morgan fingerprint density at radius 1 is 1.00 bits per heavy atom. The third kappa shape index (κ3) is 2.29. The summed E-state index contributed by atoms with van der Waals surface area (Å²) in [5.74, 6) is 0. The lowest BCUT2D eigenvalue weighted by molar-refractivity contribution is 1.50. The van der Waals surface area contributed by atoms with Gasteiger partial charge in [0.15, 0.2) is 0 Å². The Hall–Kier alpha value is -0.660. The van der Waals surface area contributed by atoms with Gasteiger partial charge in [0.2, 0.25) is 0 Å². The van der Waals surface area contributed by atoms with Crippen molar-refractivity contribution in [1.29, 1.82) is 10.5 Å². The first-order valence-corrected chi connectivity index (χ1v) is 3.84. The monoisotopic (exact) mass is 172 g/mol. The maximum atomic E-state index is 8.33. The molecule has 0 aromatic rings. The van der Waals surface area contributed by atoms with E-state index in [1.165, 1.54) is 0 Å². The van der Waals surface area contributed by atoms with Crippen LogP contribution in [0.2, 0.25) is 0 Å². The van der Waals surface area contributed by atoms with E-state index in [2.05, 4.69) is 0 Å².